The van der Waals surface area contributed by atoms with Crippen molar-refractivity contribution >= 4 is 15.9 Å². The molecule has 2 rings (SSSR count). The van der Waals surface area contributed by atoms with Crippen LogP contribution in [0.4, 0.5) is 4.39 Å². The van der Waals surface area contributed by atoms with Crippen LogP contribution in [0.15, 0.2) is 22.7 Å². The average molecular weight is 356 g/mol. The zero-order chi connectivity index (χ0) is 15.6. The highest BCUT2D eigenvalue weighted by Gasteiger charge is 2.34. The Bertz CT molecular complexity index is 481. The molecule has 0 spiro atoms. The molecule has 118 valence electrons. The van der Waals surface area contributed by atoms with Gasteiger partial charge in [0.2, 0.25) is 0 Å². The first-order chi connectivity index (χ1) is 9.79. The van der Waals surface area contributed by atoms with E-state index >= 15 is 0 Å². The summed E-state index contributed by atoms with van der Waals surface area (Å²) in [5.74, 6) is 0.508. The topological polar surface area (TPSA) is 12.0 Å². The zero-order valence-corrected chi connectivity index (χ0v) is 15.1. The molecule has 0 aromatic heterocycles. The third kappa shape index (κ3) is 4.29. The van der Waals surface area contributed by atoms with E-state index in [0.29, 0.717) is 21.8 Å². The van der Waals surface area contributed by atoms with E-state index in [2.05, 4.69) is 48.9 Å². The van der Waals surface area contributed by atoms with Crippen LogP contribution >= 0.6 is 15.9 Å². The Morgan fingerprint density at radius 1 is 1.24 bits per heavy atom. The van der Waals surface area contributed by atoms with Gasteiger partial charge < -0.3 is 5.32 Å². The molecule has 0 aliphatic heterocycles. The van der Waals surface area contributed by atoms with Gasteiger partial charge in [0.15, 0.2) is 0 Å². The van der Waals surface area contributed by atoms with E-state index in [9.17, 15) is 4.39 Å². The van der Waals surface area contributed by atoms with Crippen LogP contribution in [-0.4, -0.2) is 6.04 Å². The first kappa shape index (κ1) is 17.0. The van der Waals surface area contributed by atoms with Crippen LogP contribution in [0, 0.1) is 17.2 Å². The average Bonchev–Trinajstić information content (AvgIpc) is 2.41. The standard InChI is InChI=1S/C18H27BrFN/c1-12(13-9-10-16(20)15(19)11-13)21-17-8-6-5-7-14(17)18(2,3)4/h9-12,14,17,21H,5-8H2,1-4H3. The SMILES string of the molecule is CC(NC1CCCCC1C(C)(C)C)c1ccc(F)c(Br)c1. The first-order valence-electron chi connectivity index (χ1n) is 8.00. The van der Waals surface area contributed by atoms with Crippen LogP contribution in [0.2, 0.25) is 0 Å². The van der Waals surface area contributed by atoms with E-state index in [1.54, 1.807) is 6.07 Å². The molecule has 1 aliphatic rings. The van der Waals surface area contributed by atoms with Crippen molar-refractivity contribution in [2.45, 2.75) is 65.5 Å². The molecule has 1 nitrogen and oxygen atoms in total. The maximum absolute atomic E-state index is 13.4. The van der Waals surface area contributed by atoms with Crippen molar-refractivity contribution in [3.8, 4) is 0 Å². The number of hydrogen-bond donors (Lipinski definition) is 1. The summed E-state index contributed by atoms with van der Waals surface area (Å²) in [6.07, 6.45) is 5.20. The molecule has 1 aliphatic carbocycles. The summed E-state index contributed by atoms with van der Waals surface area (Å²) >= 11 is 3.28. The molecule has 0 heterocycles. The molecule has 3 heteroatoms. The van der Waals surface area contributed by atoms with Crippen LogP contribution in [0.3, 0.4) is 0 Å². The van der Waals surface area contributed by atoms with E-state index in [1.807, 2.05) is 12.1 Å². The van der Waals surface area contributed by atoms with Gasteiger partial charge in [0, 0.05) is 12.1 Å². The molecular weight excluding hydrogens is 329 g/mol. The highest BCUT2D eigenvalue weighted by molar-refractivity contribution is 9.10. The second-order valence-corrected chi connectivity index (χ2v) is 8.28. The fraction of sp³-hybridized carbons (Fsp3) is 0.667. The highest BCUT2D eigenvalue weighted by atomic mass is 79.9. The lowest BCUT2D eigenvalue weighted by molar-refractivity contribution is 0.124. The molecule has 0 saturated heterocycles. The Morgan fingerprint density at radius 2 is 1.90 bits per heavy atom. The molecule has 3 atom stereocenters. The van der Waals surface area contributed by atoms with Gasteiger partial charge in [-0.25, -0.2) is 4.39 Å². The van der Waals surface area contributed by atoms with E-state index in [4.69, 9.17) is 0 Å². The predicted octanol–water partition coefficient (Wildman–Crippen LogP) is 5.84. The van der Waals surface area contributed by atoms with Gasteiger partial charge in [-0.1, -0.05) is 39.7 Å². The Kier molecular flexibility index (Phi) is 5.48. The summed E-state index contributed by atoms with van der Waals surface area (Å²) in [6, 6.07) is 6.11. The lowest BCUT2D eigenvalue weighted by Gasteiger charge is -2.42. The summed E-state index contributed by atoms with van der Waals surface area (Å²) in [7, 11) is 0. The Balaban J connectivity index is 2.09. The van der Waals surface area contributed by atoms with Crippen LogP contribution in [0.5, 0.6) is 0 Å². The van der Waals surface area contributed by atoms with Crippen LogP contribution in [0.1, 0.15) is 65.0 Å². The third-order valence-electron chi connectivity index (χ3n) is 4.79. The van der Waals surface area contributed by atoms with Crippen molar-refractivity contribution in [3.05, 3.63) is 34.1 Å². The number of hydrogen-bond acceptors (Lipinski definition) is 1. The van der Waals surface area contributed by atoms with Gasteiger partial charge in [-0.05, 0) is 64.7 Å². The Morgan fingerprint density at radius 3 is 2.52 bits per heavy atom. The van der Waals surface area contributed by atoms with Crippen LogP contribution in [-0.2, 0) is 0 Å². The van der Waals surface area contributed by atoms with Crippen molar-refractivity contribution in [1.29, 1.82) is 0 Å². The fourth-order valence-electron chi connectivity index (χ4n) is 3.57. The molecule has 0 bridgehead atoms. The normalized spacial score (nSPS) is 24.9. The minimum atomic E-state index is -0.198. The molecule has 0 radical (unpaired) electrons. The lowest BCUT2D eigenvalue weighted by Crippen LogP contribution is -2.45. The second kappa shape index (κ2) is 6.78. The van der Waals surface area contributed by atoms with E-state index in [0.717, 1.165) is 5.56 Å². The molecule has 3 unspecified atom stereocenters. The molecule has 21 heavy (non-hydrogen) atoms. The summed E-state index contributed by atoms with van der Waals surface area (Å²) in [5.41, 5.74) is 1.47. The molecule has 1 fully saturated rings. The maximum atomic E-state index is 13.4. The van der Waals surface area contributed by atoms with Crippen molar-refractivity contribution in [2.75, 3.05) is 0 Å². The fourth-order valence-corrected chi connectivity index (χ4v) is 3.96. The molecule has 1 saturated carbocycles. The smallest absolute Gasteiger partial charge is 0.137 e. The molecule has 0 amide bonds. The van der Waals surface area contributed by atoms with E-state index in [1.165, 1.54) is 25.7 Å². The lowest BCUT2D eigenvalue weighted by atomic mass is 9.69. The molecule has 1 N–H and O–H groups in total. The number of halogens is 2. The largest absolute Gasteiger partial charge is 0.307 e. The van der Waals surface area contributed by atoms with Crippen molar-refractivity contribution < 1.29 is 4.39 Å². The number of benzene rings is 1. The minimum Gasteiger partial charge on any atom is -0.307 e. The van der Waals surface area contributed by atoms with Gasteiger partial charge in [0.1, 0.15) is 5.82 Å². The van der Waals surface area contributed by atoms with Crippen LogP contribution < -0.4 is 5.32 Å². The molecular formula is C18H27BrFN. The minimum absolute atomic E-state index is 0.198. The number of rotatable bonds is 3. The van der Waals surface area contributed by atoms with Crippen LogP contribution in [0.25, 0.3) is 0 Å². The van der Waals surface area contributed by atoms with Gasteiger partial charge in [-0.3, -0.25) is 0 Å². The Labute approximate surface area is 136 Å². The predicted molar refractivity (Wildman–Crippen MR) is 90.9 cm³/mol. The van der Waals surface area contributed by atoms with E-state index < -0.39 is 0 Å². The first-order valence-corrected chi connectivity index (χ1v) is 8.79. The van der Waals surface area contributed by atoms with Gasteiger partial charge in [0.25, 0.3) is 0 Å². The third-order valence-corrected chi connectivity index (χ3v) is 5.39. The highest BCUT2D eigenvalue weighted by Crippen LogP contribution is 2.39. The summed E-state index contributed by atoms with van der Waals surface area (Å²) in [5, 5.41) is 3.80. The summed E-state index contributed by atoms with van der Waals surface area (Å²) < 4.78 is 13.9. The van der Waals surface area contributed by atoms with Crippen molar-refractivity contribution in [3.63, 3.8) is 0 Å². The Hall–Kier alpha value is -0.410. The monoisotopic (exact) mass is 355 g/mol. The number of nitrogens with one attached hydrogen (secondary N) is 1. The molecule has 1 aromatic rings. The maximum Gasteiger partial charge on any atom is 0.137 e. The van der Waals surface area contributed by atoms with Gasteiger partial charge in [-0.15, -0.1) is 0 Å². The van der Waals surface area contributed by atoms with Gasteiger partial charge in [0.05, 0.1) is 4.47 Å². The quantitative estimate of drug-likeness (QED) is 0.717. The summed E-state index contributed by atoms with van der Waals surface area (Å²) in [4.78, 5) is 0. The second-order valence-electron chi connectivity index (χ2n) is 7.43. The summed E-state index contributed by atoms with van der Waals surface area (Å²) in [6.45, 7) is 9.21. The van der Waals surface area contributed by atoms with Gasteiger partial charge in [-0.2, -0.15) is 0 Å². The van der Waals surface area contributed by atoms with Gasteiger partial charge >= 0.3 is 0 Å². The zero-order valence-electron chi connectivity index (χ0n) is 13.5. The van der Waals surface area contributed by atoms with Crippen molar-refractivity contribution in [2.24, 2.45) is 11.3 Å². The van der Waals surface area contributed by atoms with E-state index in [-0.39, 0.29) is 11.9 Å². The van der Waals surface area contributed by atoms with Crippen molar-refractivity contribution in [1.82, 2.24) is 5.32 Å². The molecule has 1 aromatic carbocycles.